The van der Waals surface area contributed by atoms with Crippen molar-refractivity contribution in [2.24, 2.45) is 5.92 Å². The number of hydrogen-bond donors (Lipinski definition) is 0. The molecule has 1 rings (SSSR count). The molecular weight excluding hydrogens is 232 g/mol. The molecule has 0 N–H and O–H groups in total. The van der Waals surface area contributed by atoms with Crippen LogP contribution in [0.15, 0.2) is 0 Å². The average Bonchev–Trinajstić information content (AvgIpc) is 2.81. The van der Waals surface area contributed by atoms with Gasteiger partial charge in [0.1, 0.15) is 0 Å². The Morgan fingerprint density at radius 1 is 0.889 bits per heavy atom. The molecule has 18 heavy (non-hydrogen) atoms. The molecule has 0 amide bonds. The van der Waals surface area contributed by atoms with Crippen LogP contribution in [0, 0.1) is 5.92 Å². The minimum Gasteiger partial charge on any atom is -0.0689 e. The fourth-order valence-electron chi connectivity index (χ4n) is 4.12. The molecule has 0 aromatic rings. The summed E-state index contributed by atoms with van der Waals surface area (Å²) in [5, 5.41) is 0. The number of rotatable bonds is 9. The monoisotopic (exact) mass is 268 g/mol. The van der Waals surface area contributed by atoms with E-state index in [-0.39, 0.29) is 0 Å². The van der Waals surface area contributed by atoms with Crippen molar-refractivity contribution < 1.29 is 0 Å². The zero-order valence-electron chi connectivity index (χ0n) is 13.4. The van der Waals surface area contributed by atoms with E-state index in [1.165, 1.54) is 38.5 Å². The van der Waals surface area contributed by atoms with Crippen LogP contribution in [0.3, 0.4) is 0 Å². The Balaban J connectivity index is 2.38. The van der Waals surface area contributed by atoms with Crippen molar-refractivity contribution in [3.8, 4) is 0 Å². The second-order valence-corrected chi connectivity index (χ2v) is 12.1. The lowest BCUT2D eigenvalue weighted by Crippen LogP contribution is -2.32. The minimum atomic E-state index is -0.827. The van der Waals surface area contributed by atoms with Crippen LogP contribution in [0.4, 0.5) is 0 Å². The summed E-state index contributed by atoms with van der Waals surface area (Å²) in [5.41, 5.74) is 1.13. The first kappa shape index (κ1) is 16.3. The summed E-state index contributed by atoms with van der Waals surface area (Å²) >= 11 is 0. The van der Waals surface area contributed by atoms with Gasteiger partial charge >= 0.3 is 0 Å². The van der Waals surface area contributed by atoms with Crippen LogP contribution in [0.5, 0.6) is 0 Å². The van der Waals surface area contributed by atoms with Crippen LogP contribution >= 0.6 is 0 Å². The Labute approximate surface area is 117 Å². The Kier molecular flexibility index (Phi) is 7.59. The van der Waals surface area contributed by atoms with E-state index in [1.54, 1.807) is 31.4 Å². The van der Waals surface area contributed by atoms with Gasteiger partial charge in [0.15, 0.2) is 0 Å². The smallest absolute Gasteiger partial charge is 0.0535 e. The number of unbranched alkanes of at least 4 members (excludes halogenated alkanes) is 1. The van der Waals surface area contributed by atoms with Crippen molar-refractivity contribution in [1.82, 2.24) is 0 Å². The van der Waals surface area contributed by atoms with Gasteiger partial charge in [-0.1, -0.05) is 97.2 Å². The molecule has 1 saturated heterocycles. The van der Waals surface area contributed by atoms with Crippen LogP contribution in [0.25, 0.3) is 0 Å². The van der Waals surface area contributed by atoms with Gasteiger partial charge in [0.25, 0.3) is 0 Å². The zero-order valence-corrected chi connectivity index (χ0v) is 14.4. The van der Waals surface area contributed by atoms with Gasteiger partial charge in [0.2, 0.25) is 0 Å². The lowest BCUT2D eigenvalue weighted by Gasteiger charge is -2.32. The second kappa shape index (κ2) is 8.40. The standard InChI is InChI=1S/C17H36Si/c1-5-8-11-16(6-2)12-13-17(7-3)18(4)14-9-10-15-18/h16-17H,5-15H2,1-4H3. The highest BCUT2D eigenvalue weighted by Gasteiger charge is 2.37. The maximum atomic E-state index is 2.71. The first-order valence-corrected chi connectivity index (χ1v) is 11.6. The molecule has 108 valence electrons. The van der Waals surface area contributed by atoms with E-state index in [0.29, 0.717) is 0 Å². The van der Waals surface area contributed by atoms with Crippen molar-refractivity contribution >= 4 is 8.07 Å². The van der Waals surface area contributed by atoms with E-state index < -0.39 is 8.07 Å². The molecular formula is C17H36Si. The minimum absolute atomic E-state index is 0.827. The van der Waals surface area contributed by atoms with E-state index >= 15 is 0 Å². The van der Waals surface area contributed by atoms with E-state index in [9.17, 15) is 0 Å². The SMILES string of the molecule is CCCCC(CC)CCC(CC)[Si]1(C)CCCC1. The van der Waals surface area contributed by atoms with Crippen LogP contribution in [0.2, 0.25) is 24.2 Å². The fraction of sp³-hybridized carbons (Fsp3) is 1.00. The highest BCUT2D eigenvalue weighted by atomic mass is 28.3. The van der Waals surface area contributed by atoms with Crippen molar-refractivity contribution in [2.45, 2.75) is 103 Å². The van der Waals surface area contributed by atoms with Gasteiger partial charge in [0, 0.05) is 0 Å². The van der Waals surface area contributed by atoms with Crippen molar-refractivity contribution in [2.75, 3.05) is 0 Å². The van der Waals surface area contributed by atoms with E-state index in [0.717, 1.165) is 11.5 Å². The molecule has 1 aliphatic rings. The zero-order chi connectivity index (χ0) is 13.4. The lowest BCUT2D eigenvalue weighted by molar-refractivity contribution is 0.401. The molecule has 0 nitrogen and oxygen atoms in total. The molecule has 1 fully saturated rings. The third kappa shape index (κ3) is 4.72. The van der Waals surface area contributed by atoms with E-state index in [2.05, 4.69) is 27.3 Å². The summed E-state index contributed by atoms with van der Waals surface area (Å²) in [5.74, 6) is 1.03. The summed E-state index contributed by atoms with van der Waals surface area (Å²) in [7, 11) is -0.827. The predicted octanol–water partition coefficient (Wildman–Crippen LogP) is 6.64. The second-order valence-electron chi connectivity index (χ2n) is 6.96. The highest BCUT2D eigenvalue weighted by molar-refractivity contribution is 6.80. The topological polar surface area (TPSA) is 0 Å². The number of hydrogen-bond acceptors (Lipinski definition) is 0. The summed E-state index contributed by atoms with van der Waals surface area (Å²) in [6.45, 7) is 9.89. The quantitative estimate of drug-likeness (QED) is 0.411. The van der Waals surface area contributed by atoms with Gasteiger partial charge in [0.05, 0.1) is 8.07 Å². The molecule has 1 aliphatic heterocycles. The third-order valence-corrected chi connectivity index (χ3v) is 11.4. The molecule has 0 radical (unpaired) electrons. The summed E-state index contributed by atoms with van der Waals surface area (Å²) < 4.78 is 0. The molecule has 1 heteroatoms. The van der Waals surface area contributed by atoms with Crippen molar-refractivity contribution in [3.63, 3.8) is 0 Å². The molecule has 2 unspecified atom stereocenters. The Morgan fingerprint density at radius 2 is 1.56 bits per heavy atom. The summed E-state index contributed by atoms with van der Waals surface area (Å²) in [4.78, 5) is 0. The van der Waals surface area contributed by atoms with E-state index in [1.807, 2.05) is 0 Å². The maximum Gasteiger partial charge on any atom is 0.0535 e. The van der Waals surface area contributed by atoms with Crippen LogP contribution < -0.4 is 0 Å². The fourth-order valence-corrected chi connectivity index (χ4v) is 9.15. The Bertz CT molecular complexity index is 206. The van der Waals surface area contributed by atoms with Crippen LogP contribution in [-0.4, -0.2) is 8.07 Å². The molecule has 2 atom stereocenters. The summed E-state index contributed by atoms with van der Waals surface area (Å²) in [6.07, 6.45) is 13.4. The Hall–Kier alpha value is 0.217. The van der Waals surface area contributed by atoms with Gasteiger partial charge < -0.3 is 0 Å². The van der Waals surface area contributed by atoms with Crippen LogP contribution in [0.1, 0.15) is 78.6 Å². The molecule has 0 aromatic carbocycles. The maximum absolute atomic E-state index is 2.71. The third-order valence-electron chi connectivity index (χ3n) is 5.69. The summed E-state index contributed by atoms with van der Waals surface area (Å²) in [6, 6.07) is 3.27. The molecule has 0 bridgehead atoms. The first-order chi connectivity index (χ1) is 8.66. The largest absolute Gasteiger partial charge is 0.0689 e. The molecule has 0 saturated carbocycles. The highest BCUT2D eigenvalue weighted by Crippen LogP contribution is 2.43. The molecule has 0 aromatic heterocycles. The lowest BCUT2D eigenvalue weighted by atomic mass is 9.93. The first-order valence-electron chi connectivity index (χ1n) is 8.66. The van der Waals surface area contributed by atoms with Gasteiger partial charge in [-0.15, -0.1) is 0 Å². The van der Waals surface area contributed by atoms with Crippen LogP contribution in [-0.2, 0) is 0 Å². The Morgan fingerprint density at radius 3 is 2.06 bits per heavy atom. The predicted molar refractivity (Wildman–Crippen MR) is 87.0 cm³/mol. The molecule has 1 heterocycles. The van der Waals surface area contributed by atoms with Gasteiger partial charge in [-0.3, -0.25) is 0 Å². The average molecular weight is 269 g/mol. The van der Waals surface area contributed by atoms with Crippen molar-refractivity contribution in [1.29, 1.82) is 0 Å². The molecule has 0 aliphatic carbocycles. The van der Waals surface area contributed by atoms with Gasteiger partial charge in [-0.25, -0.2) is 0 Å². The normalized spacial score (nSPS) is 22.0. The molecule has 0 spiro atoms. The van der Waals surface area contributed by atoms with Gasteiger partial charge in [-0.05, 0) is 11.5 Å². The van der Waals surface area contributed by atoms with E-state index in [4.69, 9.17) is 0 Å². The van der Waals surface area contributed by atoms with Gasteiger partial charge in [-0.2, -0.15) is 0 Å². The van der Waals surface area contributed by atoms with Crippen molar-refractivity contribution in [3.05, 3.63) is 0 Å².